The molecule has 1 aromatic carbocycles. The van der Waals surface area contributed by atoms with E-state index in [-0.39, 0.29) is 30.9 Å². The molecule has 0 aliphatic carbocycles. The lowest BCUT2D eigenvalue weighted by Crippen LogP contribution is -2.63. The van der Waals surface area contributed by atoms with Crippen molar-refractivity contribution in [1.82, 2.24) is 47.2 Å². The van der Waals surface area contributed by atoms with E-state index in [0.717, 1.165) is 6.92 Å². The molecule has 0 fully saturated rings. The first kappa shape index (κ1) is 52.4. The second-order valence-electron chi connectivity index (χ2n) is 15.0. The van der Waals surface area contributed by atoms with E-state index in [1.165, 1.54) is 43.7 Å². The molecule has 1 heterocycles. The highest BCUT2D eigenvalue weighted by Gasteiger charge is 2.36. The van der Waals surface area contributed by atoms with Crippen LogP contribution in [0, 0.1) is 5.92 Å². The van der Waals surface area contributed by atoms with E-state index in [1.807, 2.05) is 0 Å². The van der Waals surface area contributed by atoms with Gasteiger partial charge in [-0.05, 0) is 43.9 Å². The fourth-order valence-corrected chi connectivity index (χ4v) is 5.71. The van der Waals surface area contributed by atoms with Gasteiger partial charge in [-0.3, -0.25) is 38.4 Å². The molecule has 25 heteroatoms. The number of nitrogens with one attached hydrogen (secondary N) is 8. The van der Waals surface area contributed by atoms with Gasteiger partial charge in [-0.1, -0.05) is 26.0 Å². The molecule has 25 nitrogen and oxygen atoms in total. The van der Waals surface area contributed by atoms with Gasteiger partial charge in [0, 0.05) is 24.7 Å². The summed E-state index contributed by atoms with van der Waals surface area (Å²) < 4.78 is 0. The third-order valence-corrected chi connectivity index (χ3v) is 9.09. The summed E-state index contributed by atoms with van der Waals surface area (Å²) in [5.41, 5.74) is 11.6. The molecule has 63 heavy (non-hydrogen) atoms. The summed E-state index contributed by atoms with van der Waals surface area (Å²) in [6.07, 6.45) is -0.489. The molecule has 0 saturated carbocycles. The van der Waals surface area contributed by atoms with Gasteiger partial charge >= 0.3 is 5.97 Å². The number of nitrogens with zero attached hydrogens (tertiary/aromatic N) is 1. The number of aliphatic hydroxyl groups excluding tert-OH is 3. The number of benzene rings is 1. The number of aliphatic carboxylic acids is 1. The number of aromatic amines is 1. The Kier molecular flexibility index (Phi) is 21.0. The number of H-pyrrole nitrogens is 1. The number of carboxylic acids is 1. The van der Waals surface area contributed by atoms with Crippen LogP contribution in [-0.2, 0) is 56.0 Å². The van der Waals surface area contributed by atoms with Crippen LogP contribution in [0.15, 0.2) is 36.8 Å². The van der Waals surface area contributed by atoms with Crippen molar-refractivity contribution in [2.75, 3.05) is 13.2 Å². The van der Waals surface area contributed by atoms with Gasteiger partial charge in [0.05, 0.1) is 38.1 Å². The van der Waals surface area contributed by atoms with E-state index in [4.69, 9.17) is 11.5 Å². The maximum atomic E-state index is 13.6. The number of phenols is 1. The van der Waals surface area contributed by atoms with Crippen molar-refractivity contribution in [2.24, 2.45) is 17.4 Å². The quantitative estimate of drug-likeness (QED) is 0.0418. The van der Waals surface area contributed by atoms with E-state index in [0.29, 0.717) is 11.3 Å². The molecule has 2 rings (SSSR count). The Hall–Kier alpha value is -6.70. The van der Waals surface area contributed by atoms with Crippen molar-refractivity contribution in [3.63, 3.8) is 0 Å². The molecule has 1 aromatic heterocycles. The zero-order valence-corrected chi connectivity index (χ0v) is 35.0. The minimum Gasteiger partial charge on any atom is -0.508 e. The van der Waals surface area contributed by atoms with Crippen LogP contribution < -0.4 is 48.7 Å². The molecule has 0 unspecified atom stereocenters. The molecule has 0 radical (unpaired) electrons. The number of carboxylic acid groups (broad SMARTS) is 1. The average Bonchev–Trinajstić information content (AvgIpc) is 3.72. The van der Waals surface area contributed by atoms with Crippen molar-refractivity contribution < 1.29 is 68.7 Å². The second kappa shape index (κ2) is 25.3. The van der Waals surface area contributed by atoms with E-state index >= 15 is 0 Å². The molecular weight excluding hydrogens is 834 g/mol. The van der Waals surface area contributed by atoms with Crippen LogP contribution >= 0.6 is 0 Å². The SMILES string of the molecule is CC(C)C[C@H](NC(=O)[C@H](Cc1cnc[nH]1)NC(=O)[C@H](CC(N)=O)NC(=O)[C@@H](NC(=O)[C@H](CO)NC(=O)[C@H](Cc1ccc(O)cc1)NC(=O)[C@H](CO)NC(=O)[C@H](C)N)[C@@H](C)O)C(=O)O. The Morgan fingerprint density at radius 3 is 1.57 bits per heavy atom. The minimum atomic E-state index is -1.94. The largest absolute Gasteiger partial charge is 0.508 e. The summed E-state index contributed by atoms with van der Waals surface area (Å²) in [6.45, 7) is 3.83. The summed E-state index contributed by atoms with van der Waals surface area (Å²) in [5.74, 6) is -10.3. The number of aromatic nitrogens is 2. The predicted octanol–water partition coefficient (Wildman–Crippen LogP) is -5.99. The van der Waals surface area contributed by atoms with Gasteiger partial charge in [-0.2, -0.15) is 0 Å². The normalized spacial score (nSPS) is 15.4. The van der Waals surface area contributed by atoms with Crippen LogP contribution in [-0.4, -0.2) is 156 Å². The Labute approximate surface area is 360 Å². The lowest BCUT2D eigenvalue weighted by Gasteiger charge is -2.28. The average molecular weight is 892 g/mol. The minimum absolute atomic E-state index is 0.0391. The van der Waals surface area contributed by atoms with Gasteiger partial charge < -0.3 is 79.2 Å². The van der Waals surface area contributed by atoms with Crippen LogP contribution in [0.25, 0.3) is 0 Å². The van der Waals surface area contributed by atoms with E-state index in [1.54, 1.807) is 13.8 Å². The first-order valence-corrected chi connectivity index (χ1v) is 19.6. The van der Waals surface area contributed by atoms with Gasteiger partial charge in [-0.25, -0.2) is 9.78 Å². The highest BCUT2D eigenvalue weighted by Crippen LogP contribution is 2.13. The Morgan fingerprint density at radius 1 is 0.651 bits per heavy atom. The number of imidazole rings is 1. The molecule has 0 aliphatic rings. The number of phenolic OH excluding ortho intramolecular Hbond substituents is 1. The number of primary amides is 1. The fourth-order valence-electron chi connectivity index (χ4n) is 5.71. The zero-order valence-electron chi connectivity index (χ0n) is 35.0. The summed E-state index contributed by atoms with van der Waals surface area (Å²) >= 11 is 0. The van der Waals surface area contributed by atoms with E-state index in [9.17, 15) is 68.7 Å². The van der Waals surface area contributed by atoms with Gasteiger partial charge in [0.2, 0.25) is 47.3 Å². The number of aromatic hydroxyl groups is 1. The fraction of sp³-hybridized carbons (Fsp3) is 0.526. The van der Waals surface area contributed by atoms with E-state index in [2.05, 4.69) is 47.2 Å². The summed E-state index contributed by atoms with van der Waals surface area (Å²) in [4.78, 5) is 123. The van der Waals surface area contributed by atoms with Crippen LogP contribution in [0.3, 0.4) is 0 Å². The number of nitrogens with two attached hydrogens (primary N) is 2. The van der Waals surface area contributed by atoms with E-state index < -0.39 is 127 Å². The Morgan fingerprint density at radius 2 is 1.11 bits per heavy atom. The number of carbonyl (C=O) groups is 9. The highest BCUT2D eigenvalue weighted by atomic mass is 16.4. The lowest BCUT2D eigenvalue weighted by molar-refractivity contribution is -0.143. The number of amides is 8. The molecule has 0 spiro atoms. The van der Waals surface area contributed by atoms with Gasteiger partial charge in [0.15, 0.2) is 0 Å². The van der Waals surface area contributed by atoms with Crippen molar-refractivity contribution >= 4 is 53.2 Å². The number of rotatable bonds is 26. The highest BCUT2D eigenvalue weighted by molar-refractivity contribution is 5.99. The van der Waals surface area contributed by atoms with Gasteiger partial charge in [0.1, 0.15) is 48.0 Å². The maximum absolute atomic E-state index is 13.6. The molecule has 2 aromatic rings. The summed E-state index contributed by atoms with van der Waals surface area (Å²) in [5, 5.41) is 65.6. The smallest absolute Gasteiger partial charge is 0.326 e. The summed E-state index contributed by atoms with van der Waals surface area (Å²) in [7, 11) is 0. The number of aliphatic hydroxyl groups is 3. The van der Waals surface area contributed by atoms with Crippen LogP contribution in [0.4, 0.5) is 0 Å². The Bertz CT molecular complexity index is 1890. The molecule has 0 saturated heterocycles. The molecule has 348 valence electrons. The van der Waals surface area contributed by atoms with Gasteiger partial charge in [-0.15, -0.1) is 0 Å². The zero-order chi connectivity index (χ0) is 47.6. The Balaban J connectivity index is 2.31. The molecule has 0 aliphatic heterocycles. The standard InChI is InChI=1S/C38H57N11O14/c1-17(2)9-26(38(62)63)46-33(57)24(11-21-13-41-16-42-21)44-34(58)25(12-29(40)54)45-37(61)30(19(4)52)49-36(60)28(15-51)48-32(56)23(10-20-5-7-22(53)8-6-20)43-35(59)27(14-50)47-31(55)18(3)39/h5-8,13,16-19,23-28,30,50-53H,9-12,14-15,39H2,1-4H3,(H2,40,54)(H,41,42)(H,43,59)(H,44,58)(H,45,61)(H,46,57)(H,47,55)(H,48,56)(H,49,60)(H,62,63)/t18-,19+,23-,24-,25-,26-,27-,28-,30-/m0/s1. The van der Waals surface area contributed by atoms with Gasteiger partial charge in [0.25, 0.3) is 0 Å². The molecule has 8 amide bonds. The third kappa shape index (κ3) is 17.7. The third-order valence-electron chi connectivity index (χ3n) is 9.09. The second-order valence-corrected chi connectivity index (χ2v) is 15.0. The van der Waals surface area contributed by atoms with Crippen molar-refractivity contribution in [2.45, 2.75) is 108 Å². The number of hydrogen-bond donors (Lipinski definition) is 15. The molecule has 0 bridgehead atoms. The monoisotopic (exact) mass is 891 g/mol. The summed E-state index contributed by atoms with van der Waals surface area (Å²) in [6, 6.07) is -7.27. The predicted molar refractivity (Wildman–Crippen MR) is 218 cm³/mol. The molecule has 17 N–H and O–H groups in total. The number of hydrogen-bond acceptors (Lipinski definition) is 15. The molecular formula is C38H57N11O14. The topological polar surface area (TPSA) is 420 Å². The van der Waals surface area contributed by atoms with Crippen LogP contribution in [0.2, 0.25) is 0 Å². The lowest BCUT2D eigenvalue weighted by atomic mass is 10.0. The van der Waals surface area contributed by atoms with Crippen molar-refractivity contribution in [1.29, 1.82) is 0 Å². The maximum Gasteiger partial charge on any atom is 0.326 e. The molecule has 9 atom stereocenters. The van der Waals surface area contributed by atoms with Crippen molar-refractivity contribution in [3.8, 4) is 5.75 Å². The van der Waals surface area contributed by atoms with Crippen LogP contribution in [0.5, 0.6) is 5.75 Å². The first-order chi connectivity index (χ1) is 29.6. The first-order valence-electron chi connectivity index (χ1n) is 19.6. The van der Waals surface area contributed by atoms with Crippen LogP contribution in [0.1, 0.15) is 51.8 Å². The number of carbonyl (C=O) groups excluding carboxylic acids is 8. The van der Waals surface area contributed by atoms with Crippen molar-refractivity contribution in [3.05, 3.63) is 48.0 Å².